The molecular weight excluding hydrogens is 597 g/mol. The highest BCUT2D eigenvalue weighted by atomic mass is 35.5. The highest BCUT2D eigenvalue weighted by Crippen LogP contribution is 2.29. The molecule has 3 N–H and O–H groups in total. The summed E-state index contributed by atoms with van der Waals surface area (Å²) in [6.45, 7) is 3.97. The van der Waals surface area contributed by atoms with Crippen LogP contribution in [0, 0.1) is 0 Å². The molecule has 0 saturated carbocycles. The van der Waals surface area contributed by atoms with Gasteiger partial charge in [-0.05, 0) is 68.8 Å². The molecular formula is C31H32ClF3N6O3. The molecule has 2 atom stereocenters. The van der Waals surface area contributed by atoms with Gasteiger partial charge in [-0.1, -0.05) is 29.8 Å². The number of rotatable bonds is 10. The Kier molecular flexibility index (Phi) is 10.1. The highest BCUT2D eigenvalue weighted by molar-refractivity contribution is 6.34. The summed E-state index contributed by atoms with van der Waals surface area (Å²) in [5.74, 6) is -0.714. The van der Waals surface area contributed by atoms with E-state index in [2.05, 4.69) is 30.8 Å². The Morgan fingerprint density at radius 1 is 1.02 bits per heavy atom. The molecule has 0 radical (unpaired) electrons. The van der Waals surface area contributed by atoms with Gasteiger partial charge < -0.3 is 25.6 Å². The van der Waals surface area contributed by atoms with Gasteiger partial charge in [0.15, 0.2) is 0 Å². The fourth-order valence-corrected chi connectivity index (χ4v) is 5.23. The third kappa shape index (κ3) is 8.55. The van der Waals surface area contributed by atoms with Crippen molar-refractivity contribution in [1.82, 2.24) is 20.2 Å². The molecule has 1 aromatic heterocycles. The molecule has 2 aliphatic carbocycles. The summed E-state index contributed by atoms with van der Waals surface area (Å²) in [5, 5.41) is 8.75. The third-order valence-corrected chi connectivity index (χ3v) is 7.77. The molecule has 232 valence electrons. The summed E-state index contributed by atoms with van der Waals surface area (Å²) < 4.78 is 44.4. The lowest BCUT2D eigenvalue weighted by atomic mass is 9.99. The van der Waals surface area contributed by atoms with Crippen molar-refractivity contribution in [2.75, 3.05) is 36.9 Å². The number of carbonyl (C=O) groups excluding carboxylic acids is 2. The molecule has 1 fully saturated rings. The fourth-order valence-electron chi connectivity index (χ4n) is 5.00. The minimum absolute atomic E-state index is 0.0372. The Hall–Kier alpha value is -4.00. The second-order valence-corrected chi connectivity index (χ2v) is 11.0. The minimum Gasteiger partial charge on any atom is -0.372 e. The first-order valence-corrected chi connectivity index (χ1v) is 14.7. The van der Waals surface area contributed by atoms with Crippen LogP contribution in [-0.2, 0) is 15.7 Å². The standard InChI is InChI=1S/C31H32ClF3N6O3/c32-27-12-9-23(38-28(42)20-3-5-21(6-4-20)31(33,34)35)17-26(27)29(43)39-24-18-36-30(37-19-24)40-22-7-10-25(11-8-22)44-16-15-41-13-1-2-14-41/h3-10,12,18-19,23,25H,1-2,11,13-17H2,(H,38,42)(H,39,43)(H,36,37,40). The Balaban J connectivity index is 1.08. The summed E-state index contributed by atoms with van der Waals surface area (Å²) in [6.07, 6.45) is 10.9. The van der Waals surface area contributed by atoms with E-state index in [4.69, 9.17) is 16.3 Å². The first kappa shape index (κ1) is 31.4. The average molecular weight is 629 g/mol. The Morgan fingerprint density at radius 3 is 2.41 bits per heavy atom. The Morgan fingerprint density at radius 2 is 1.75 bits per heavy atom. The zero-order chi connectivity index (χ0) is 31.1. The fraction of sp³-hybridized carbons (Fsp3) is 0.355. The van der Waals surface area contributed by atoms with Gasteiger partial charge in [-0.3, -0.25) is 9.59 Å². The van der Waals surface area contributed by atoms with E-state index >= 15 is 0 Å². The lowest BCUT2D eigenvalue weighted by Gasteiger charge is -2.21. The second kappa shape index (κ2) is 14.2. The number of anilines is 2. The van der Waals surface area contributed by atoms with Crippen molar-refractivity contribution >= 4 is 35.1 Å². The summed E-state index contributed by atoms with van der Waals surface area (Å²) in [5.41, 5.74) is 0.625. The summed E-state index contributed by atoms with van der Waals surface area (Å²) in [7, 11) is 0. The predicted octanol–water partition coefficient (Wildman–Crippen LogP) is 5.42. The molecule has 0 bridgehead atoms. The monoisotopic (exact) mass is 628 g/mol. The smallest absolute Gasteiger partial charge is 0.372 e. The molecule has 2 unspecified atom stereocenters. The van der Waals surface area contributed by atoms with Crippen molar-refractivity contribution < 1.29 is 27.5 Å². The van der Waals surface area contributed by atoms with E-state index in [9.17, 15) is 22.8 Å². The topological polar surface area (TPSA) is 108 Å². The molecule has 1 aromatic carbocycles. The van der Waals surface area contributed by atoms with Gasteiger partial charge in [0, 0.05) is 34.8 Å². The predicted molar refractivity (Wildman–Crippen MR) is 161 cm³/mol. The minimum atomic E-state index is -4.50. The van der Waals surface area contributed by atoms with Gasteiger partial charge >= 0.3 is 6.18 Å². The lowest BCUT2D eigenvalue weighted by Crippen LogP contribution is -2.36. The van der Waals surface area contributed by atoms with E-state index in [1.54, 1.807) is 6.08 Å². The van der Waals surface area contributed by atoms with Crippen molar-refractivity contribution in [3.05, 3.63) is 94.5 Å². The third-order valence-electron chi connectivity index (χ3n) is 7.42. The number of carbonyl (C=O) groups is 2. The summed E-state index contributed by atoms with van der Waals surface area (Å²) in [6, 6.07) is 3.29. The first-order chi connectivity index (χ1) is 21.1. The van der Waals surface area contributed by atoms with E-state index in [1.807, 2.05) is 18.2 Å². The SMILES string of the molecule is O=C(Nc1cnc(NC2=CCC(OCCN3CCCC3)C=C2)nc1)C1=C(Cl)C=CC(NC(=O)c2ccc(C(F)(F)F)cc2)C1. The number of likely N-dealkylation sites (tertiary alicyclic amines) is 1. The van der Waals surface area contributed by atoms with Gasteiger partial charge in [0.1, 0.15) is 0 Å². The van der Waals surface area contributed by atoms with E-state index in [1.165, 1.54) is 31.3 Å². The van der Waals surface area contributed by atoms with Crippen molar-refractivity contribution in [1.29, 1.82) is 0 Å². The first-order valence-electron chi connectivity index (χ1n) is 14.3. The number of alkyl halides is 3. The van der Waals surface area contributed by atoms with Gasteiger partial charge in [-0.15, -0.1) is 0 Å². The number of halogens is 4. The van der Waals surface area contributed by atoms with Crippen LogP contribution in [0.25, 0.3) is 0 Å². The van der Waals surface area contributed by atoms with Crippen molar-refractivity contribution in [3.63, 3.8) is 0 Å². The van der Waals surface area contributed by atoms with Crippen LogP contribution in [0.5, 0.6) is 0 Å². The zero-order valence-corrected chi connectivity index (χ0v) is 24.5. The van der Waals surface area contributed by atoms with Crippen LogP contribution in [-0.4, -0.2) is 65.1 Å². The summed E-state index contributed by atoms with van der Waals surface area (Å²) >= 11 is 6.27. The molecule has 1 saturated heterocycles. The molecule has 3 aliphatic rings. The number of nitrogens with one attached hydrogen (secondary N) is 3. The van der Waals surface area contributed by atoms with Crippen LogP contribution in [0.1, 0.15) is 41.6 Å². The number of hydrogen-bond donors (Lipinski definition) is 3. The van der Waals surface area contributed by atoms with Gasteiger partial charge in [0.2, 0.25) is 5.95 Å². The number of ether oxygens (including phenoxy) is 1. The van der Waals surface area contributed by atoms with Gasteiger partial charge in [-0.25, -0.2) is 9.97 Å². The number of benzene rings is 1. The Bertz CT molecular complexity index is 1470. The number of nitrogens with zero attached hydrogens (tertiary/aromatic N) is 3. The molecule has 0 spiro atoms. The molecule has 5 rings (SSSR count). The molecule has 2 heterocycles. The molecule has 9 nitrogen and oxygen atoms in total. The number of aromatic nitrogens is 2. The quantitative estimate of drug-likeness (QED) is 0.322. The van der Waals surface area contributed by atoms with Gasteiger partial charge in [-0.2, -0.15) is 13.2 Å². The maximum Gasteiger partial charge on any atom is 0.416 e. The molecule has 13 heteroatoms. The summed E-state index contributed by atoms with van der Waals surface area (Å²) in [4.78, 5) is 36.5. The maximum atomic E-state index is 13.0. The molecule has 2 amide bonds. The van der Waals surface area contributed by atoms with Crippen LogP contribution in [0.2, 0.25) is 0 Å². The van der Waals surface area contributed by atoms with E-state index < -0.39 is 29.6 Å². The molecule has 1 aliphatic heterocycles. The maximum absolute atomic E-state index is 13.0. The number of hydrogen-bond acceptors (Lipinski definition) is 7. The lowest BCUT2D eigenvalue weighted by molar-refractivity contribution is -0.137. The average Bonchev–Trinajstić information content (AvgIpc) is 3.53. The number of amides is 2. The van der Waals surface area contributed by atoms with Crippen molar-refractivity contribution in [2.24, 2.45) is 0 Å². The van der Waals surface area contributed by atoms with Crippen molar-refractivity contribution in [3.8, 4) is 0 Å². The van der Waals surface area contributed by atoms with Crippen LogP contribution >= 0.6 is 11.6 Å². The van der Waals surface area contributed by atoms with Crippen LogP contribution in [0.15, 0.2) is 83.3 Å². The van der Waals surface area contributed by atoms with Crippen LogP contribution in [0.3, 0.4) is 0 Å². The van der Waals surface area contributed by atoms with Crippen molar-refractivity contribution in [2.45, 2.75) is 44.0 Å². The zero-order valence-electron chi connectivity index (χ0n) is 23.7. The largest absolute Gasteiger partial charge is 0.416 e. The molecule has 2 aromatic rings. The van der Waals surface area contributed by atoms with E-state index in [0.29, 0.717) is 18.2 Å². The van der Waals surface area contributed by atoms with Gasteiger partial charge in [0.05, 0.1) is 42.4 Å². The molecule has 44 heavy (non-hydrogen) atoms. The van der Waals surface area contributed by atoms with E-state index in [0.717, 1.165) is 56.0 Å². The van der Waals surface area contributed by atoms with E-state index in [-0.39, 0.29) is 28.7 Å². The van der Waals surface area contributed by atoms with Gasteiger partial charge in [0.25, 0.3) is 11.8 Å². The van der Waals surface area contributed by atoms with Crippen LogP contribution < -0.4 is 16.0 Å². The highest BCUT2D eigenvalue weighted by Gasteiger charge is 2.30. The number of allylic oxidation sites excluding steroid dienone is 3. The second-order valence-electron chi connectivity index (χ2n) is 10.6. The Labute approximate surface area is 257 Å². The normalized spacial score (nSPS) is 20.4. The van der Waals surface area contributed by atoms with Crippen LogP contribution in [0.4, 0.5) is 24.8 Å².